The molecule has 0 bridgehead atoms. The first-order valence-electron chi connectivity index (χ1n) is 4.37. The first-order valence-corrected chi connectivity index (χ1v) is 5.14. The number of anilines is 1. The molecule has 0 N–H and O–H groups in total. The fourth-order valence-corrected chi connectivity index (χ4v) is 1.68. The van der Waals surface area contributed by atoms with Gasteiger partial charge < -0.3 is 4.90 Å². The van der Waals surface area contributed by atoms with Gasteiger partial charge in [0, 0.05) is 24.6 Å². The summed E-state index contributed by atoms with van der Waals surface area (Å²) in [4.78, 5) is 4.89. The molecule has 16 heavy (non-hydrogen) atoms. The first-order chi connectivity index (χ1) is 7.36. The molecule has 1 heterocycles. The standard InChI is InChI=1S/C8H9F3N4S/c1-5(3-4-12)15(2)7-13-6(14-16-7)8(9,10)11/h5H,3H2,1-2H3. The van der Waals surface area contributed by atoms with Crippen LogP contribution in [0.2, 0.25) is 0 Å². The average molecular weight is 250 g/mol. The number of nitriles is 1. The number of rotatable bonds is 3. The third-order valence-electron chi connectivity index (χ3n) is 2.02. The number of hydrogen-bond donors (Lipinski definition) is 0. The highest BCUT2D eigenvalue weighted by atomic mass is 32.1. The molecule has 0 aliphatic carbocycles. The Morgan fingerprint density at radius 3 is 2.62 bits per heavy atom. The summed E-state index contributed by atoms with van der Waals surface area (Å²) in [6.07, 6.45) is -4.30. The van der Waals surface area contributed by atoms with Crippen LogP contribution in [0.15, 0.2) is 0 Å². The normalized spacial score (nSPS) is 13.2. The van der Waals surface area contributed by atoms with Gasteiger partial charge in [0.15, 0.2) is 0 Å². The van der Waals surface area contributed by atoms with Crippen molar-refractivity contribution in [2.75, 3.05) is 11.9 Å². The van der Waals surface area contributed by atoms with E-state index in [9.17, 15) is 13.2 Å². The number of aromatic nitrogens is 2. The maximum atomic E-state index is 12.2. The van der Waals surface area contributed by atoms with Crippen LogP contribution in [0.5, 0.6) is 0 Å². The van der Waals surface area contributed by atoms with Crippen molar-refractivity contribution >= 4 is 16.7 Å². The van der Waals surface area contributed by atoms with Crippen LogP contribution in [0.1, 0.15) is 19.2 Å². The van der Waals surface area contributed by atoms with Gasteiger partial charge in [-0.3, -0.25) is 0 Å². The lowest BCUT2D eigenvalue weighted by molar-refractivity contribution is -0.144. The maximum absolute atomic E-state index is 12.2. The summed E-state index contributed by atoms with van der Waals surface area (Å²) < 4.78 is 39.9. The van der Waals surface area contributed by atoms with E-state index in [2.05, 4.69) is 9.36 Å². The van der Waals surface area contributed by atoms with Crippen molar-refractivity contribution in [2.24, 2.45) is 0 Å². The van der Waals surface area contributed by atoms with Gasteiger partial charge in [-0.2, -0.15) is 27.8 Å². The molecule has 0 aliphatic rings. The van der Waals surface area contributed by atoms with Gasteiger partial charge >= 0.3 is 6.18 Å². The summed E-state index contributed by atoms with van der Waals surface area (Å²) in [5.41, 5.74) is 0. The number of nitrogens with zero attached hydrogens (tertiary/aromatic N) is 4. The van der Waals surface area contributed by atoms with Gasteiger partial charge in [0.25, 0.3) is 0 Å². The van der Waals surface area contributed by atoms with Gasteiger partial charge in [0.1, 0.15) is 0 Å². The SMILES string of the molecule is CC(CC#N)N(C)c1nc(C(F)(F)F)ns1. The molecular weight excluding hydrogens is 241 g/mol. The molecule has 0 saturated carbocycles. The third-order valence-corrected chi connectivity index (χ3v) is 2.83. The summed E-state index contributed by atoms with van der Waals surface area (Å²) in [6, 6.07) is 1.75. The van der Waals surface area contributed by atoms with Crippen molar-refractivity contribution in [2.45, 2.75) is 25.6 Å². The Hall–Kier alpha value is -1.36. The Bertz CT molecular complexity index is 395. The molecule has 0 saturated heterocycles. The lowest BCUT2D eigenvalue weighted by Gasteiger charge is -2.21. The molecule has 0 aromatic carbocycles. The number of alkyl halides is 3. The van der Waals surface area contributed by atoms with Crippen molar-refractivity contribution in [3.05, 3.63) is 5.82 Å². The van der Waals surface area contributed by atoms with Gasteiger partial charge in [-0.25, -0.2) is 0 Å². The fraction of sp³-hybridized carbons (Fsp3) is 0.625. The molecule has 0 radical (unpaired) electrons. The second kappa shape index (κ2) is 4.65. The number of hydrogen-bond acceptors (Lipinski definition) is 5. The van der Waals surface area contributed by atoms with E-state index in [4.69, 9.17) is 5.26 Å². The van der Waals surface area contributed by atoms with Crippen LogP contribution in [-0.4, -0.2) is 22.4 Å². The molecule has 0 amide bonds. The van der Waals surface area contributed by atoms with Crippen LogP contribution in [0.25, 0.3) is 0 Å². The molecule has 8 heteroatoms. The summed E-state index contributed by atoms with van der Waals surface area (Å²) in [7, 11) is 1.59. The van der Waals surface area contributed by atoms with Crippen LogP contribution in [0.4, 0.5) is 18.3 Å². The maximum Gasteiger partial charge on any atom is 0.452 e. The zero-order valence-corrected chi connectivity index (χ0v) is 9.43. The summed E-state index contributed by atoms with van der Waals surface area (Å²) in [5.74, 6) is -1.14. The highest BCUT2D eigenvalue weighted by molar-refractivity contribution is 7.09. The monoisotopic (exact) mass is 250 g/mol. The molecule has 1 atom stereocenters. The Balaban J connectivity index is 2.83. The van der Waals surface area contributed by atoms with Crippen LogP contribution >= 0.6 is 11.5 Å². The van der Waals surface area contributed by atoms with E-state index in [-0.39, 0.29) is 17.6 Å². The van der Waals surface area contributed by atoms with Gasteiger partial charge in [0.05, 0.1) is 12.5 Å². The molecule has 88 valence electrons. The van der Waals surface area contributed by atoms with E-state index >= 15 is 0 Å². The van der Waals surface area contributed by atoms with E-state index in [1.807, 2.05) is 6.07 Å². The van der Waals surface area contributed by atoms with Gasteiger partial charge in [-0.15, -0.1) is 0 Å². The second-order valence-electron chi connectivity index (χ2n) is 3.22. The van der Waals surface area contributed by atoms with Crippen molar-refractivity contribution in [3.63, 3.8) is 0 Å². The van der Waals surface area contributed by atoms with E-state index in [0.29, 0.717) is 11.5 Å². The summed E-state index contributed by atoms with van der Waals surface area (Å²) in [6.45, 7) is 1.73. The minimum Gasteiger partial charge on any atom is -0.346 e. The minimum atomic E-state index is -4.52. The largest absolute Gasteiger partial charge is 0.452 e. The highest BCUT2D eigenvalue weighted by Crippen LogP contribution is 2.30. The Morgan fingerprint density at radius 1 is 1.56 bits per heavy atom. The molecule has 1 rings (SSSR count). The molecule has 1 unspecified atom stereocenters. The quantitative estimate of drug-likeness (QED) is 0.826. The molecule has 1 aromatic heterocycles. The lowest BCUT2D eigenvalue weighted by atomic mass is 10.2. The average Bonchev–Trinajstić information content (AvgIpc) is 2.65. The van der Waals surface area contributed by atoms with E-state index in [1.165, 1.54) is 4.90 Å². The molecule has 4 nitrogen and oxygen atoms in total. The second-order valence-corrected chi connectivity index (χ2v) is 3.95. The fourth-order valence-electron chi connectivity index (χ4n) is 0.931. The molecule has 0 aliphatic heterocycles. The molecule has 0 spiro atoms. The van der Waals surface area contributed by atoms with E-state index in [0.717, 1.165) is 0 Å². The minimum absolute atomic E-state index is 0.162. The van der Waals surface area contributed by atoms with E-state index < -0.39 is 12.0 Å². The van der Waals surface area contributed by atoms with Crippen LogP contribution < -0.4 is 4.90 Å². The van der Waals surface area contributed by atoms with Gasteiger partial charge in [-0.1, -0.05) is 0 Å². The van der Waals surface area contributed by atoms with E-state index in [1.54, 1.807) is 14.0 Å². The zero-order valence-electron chi connectivity index (χ0n) is 8.62. The summed E-state index contributed by atoms with van der Waals surface area (Å²) in [5, 5.41) is 8.64. The summed E-state index contributed by atoms with van der Waals surface area (Å²) >= 11 is 0.674. The molecule has 1 aromatic rings. The Labute approximate surface area is 94.5 Å². The third kappa shape index (κ3) is 2.82. The molecule has 0 fully saturated rings. The van der Waals surface area contributed by atoms with Crippen molar-refractivity contribution < 1.29 is 13.2 Å². The van der Waals surface area contributed by atoms with Gasteiger partial charge in [-0.05, 0) is 6.92 Å². The smallest absolute Gasteiger partial charge is 0.346 e. The predicted octanol–water partition coefficient (Wildman–Crippen LogP) is 2.30. The number of halogens is 3. The lowest BCUT2D eigenvalue weighted by Crippen LogP contribution is -2.28. The van der Waals surface area contributed by atoms with Crippen LogP contribution in [0, 0.1) is 11.3 Å². The van der Waals surface area contributed by atoms with Crippen molar-refractivity contribution in [1.82, 2.24) is 9.36 Å². The van der Waals surface area contributed by atoms with Gasteiger partial charge in [0.2, 0.25) is 11.0 Å². The first kappa shape index (κ1) is 12.7. The highest BCUT2D eigenvalue weighted by Gasteiger charge is 2.36. The Kier molecular flexibility index (Phi) is 3.70. The predicted molar refractivity (Wildman–Crippen MR) is 53.0 cm³/mol. The van der Waals surface area contributed by atoms with Crippen molar-refractivity contribution in [1.29, 1.82) is 5.26 Å². The topological polar surface area (TPSA) is 52.8 Å². The van der Waals surface area contributed by atoms with Crippen molar-refractivity contribution in [3.8, 4) is 6.07 Å². The molecular formula is C8H9F3N4S. The Morgan fingerprint density at radius 2 is 2.19 bits per heavy atom. The zero-order chi connectivity index (χ0) is 12.3. The van der Waals surface area contributed by atoms with Crippen LogP contribution in [0.3, 0.4) is 0 Å². The van der Waals surface area contributed by atoms with Crippen LogP contribution in [-0.2, 0) is 6.18 Å².